The first-order chi connectivity index (χ1) is 8.54. The Morgan fingerprint density at radius 2 is 1.61 bits per heavy atom. The first-order valence-corrected chi connectivity index (χ1v) is 7.77. The molecule has 1 saturated heterocycles. The van der Waals surface area contributed by atoms with Gasteiger partial charge in [-0.1, -0.05) is 13.8 Å². The van der Waals surface area contributed by atoms with Gasteiger partial charge in [0.2, 0.25) is 0 Å². The van der Waals surface area contributed by atoms with E-state index >= 15 is 0 Å². The second-order valence-electron chi connectivity index (χ2n) is 6.79. The SMILES string of the molecule is CC(C)N[C@H]1C[C@H](CN2CCN(C(C)C)CC2)C1. The van der Waals surface area contributed by atoms with Crippen LogP contribution in [0.2, 0.25) is 0 Å². The van der Waals surface area contributed by atoms with Crippen LogP contribution in [-0.4, -0.2) is 60.6 Å². The van der Waals surface area contributed by atoms with Crippen molar-refractivity contribution in [2.24, 2.45) is 5.92 Å². The van der Waals surface area contributed by atoms with Gasteiger partial charge in [0, 0.05) is 50.8 Å². The first-order valence-electron chi connectivity index (χ1n) is 7.77. The van der Waals surface area contributed by atoms with E-state index in [1.807, 2.05) is 0 Å². The highest BCUT2D eigenvalue weighted by Gasteiger charge is 2.31. The molecule has 2 rings (SSSR count). The van der Waals surface area contributed by atoms with E-state index in [1.54, 1.807) is 0 Å². The van der Waals surface area contributed by atoms with Crippen LogP contribution < -0.4 is 5.32 Å². The van der Waals surface area contributed by atoms with Gasteiger partial charge in [-0.05, 0) is 32.6 Å². The van der Waals surface area contributed by atoms with Gasteiger partial charge in [0.15, 0.2) is 0 Å². The molecule has 0 amide bonds. The second-order valence-corrected chi connectivity index (χ2v) is 6.79. The molecule has 0 aromatic carbocycles. The van der Waals surface area contributed by atoms with E-state index in [-0.39, 0.29) is 0 Å². The number of nitrogens with one attached hydrogen (secondary N) is 1. The summed E-state index contributed by atoms with van der Waals surface area (Å²) in [6.45, 7) is 15.5. The third-order valence-electron chi connectivity index (χ3n) is 4.46. The molecule has 2 aliphatic rings. The molecule has 0 unspecified atom stereocenters. The number of hydrogen-bond donors (Lipinski definition) is 1. The fourth-order valence-corrected chi connectivity index (χ4v) is 3.32. The molecule has 3 heteroatoms. The third-order valence-corrected chi connectivity index (χ3v) is 4.46. The first kappa shape index (κ1) is 14.3. The van der Waals surface area contributed by atoms with Crippen LogP contribution in [0, 0.1) is 5.92 Å². The molecule has 3 nitrogen and oxygen atoms in total. The molecular formula is C15H31N3. The third kappa shape index (κ3) is 3.94. The number of piperazine rings is 1. The smallest absolute Gasteiger partial charge is 0.0113 e. The van der Waals surface area contributed by atoms with Crippen molar-refractivity contribution in [2.45, 2.75) is 58.7 Å². The van der Waals surface area contributed by atoms with Crippen LogP contribution in [0.4, 0.5) is 0 Å². The summed E-state index contributed by atoms with van der Waals surface area (Å²) in [5.74, 6) is 0.951. The Kier molecular flexibility index (Phi) is 5.05. The zero-order chi connectivity index (χ0) is 13.1. The highest BCUT2D eigenvalue weighted by Crippen LogP contribution is 2.28. The number of hydrogen-bond acceptors (Lipinski definition) is 3. The minimum absolute atomic E-state index is 0.644. The standard InChI is InChI=1S/C15H31N3/c1-12(2)16-15-9-14(10-15)11-17-5-7-18(8-6-17)13(3)4/h12-16H,5-11H2,1-4H3/t14-,15-. The molecule has 0 radical (unpaired) electrons. The molecule has 2 fully saturated rings. The lowest BCUT2D eigenvalue weighted by atomic mass is 9.79. The minimum atomic E-state index is 0.644. The number of nitrogens with zero attached hydrogens (tertiary/aromatic N) is 2. The van der Waals surface area contributed by atoms with Crippen LogP contribution in [0.1, 0.15) is 40.5 Å². The van der Waals surface area contributed by atoms with Crippen molar-refractivity contribution >= 4 is 0 Å². The maximum atomic E-state index is 3.64. The number of rotatable bonds is 5. The van der Waals surface area contributed by atoms with Gasteiger partial charge in [0.25, 0.3) is 0 Å². The van der Waals surface area contributed by atoms with Crippen molar-refractivity contribution < 1.29 is 0 Å². The summed E-state index contributed by atoms with van der Waals surface area (Å²) in [5, 5.41) is 3.64. The largest absolute Gasteiger partial charge is 0.312 e. The van der Waals surface area contributed by atoms with Crippen molar-refractivity contribution in [3.8, 4) is 0 Å². The molecule has 18 heavy (non-hydrogen) atoms. The molecule has 106 valence electrons. The molecule has 0 atom stereocenters. The monoisotopic (exact) mass is 253 g/mol. The van der Waals surface area contributed by atoms with Gasteiger partial charge in [0.1, 0.15) is 0 Å². The van der Waals surface area contributed by atoms with Crippen LogP contribution in [0.15, 0.2) is 0 Å². The molecule has 0 spiro atoms. The summed E-state index contributed by atoms with van der Waals surface area (Å²) < 4.78 is 0. The molecule has 1 N–H and O–H groups in total. The summed E-state index contributed by atoms with van der Waals surface area (Å²) >= 11 is 0. The van der Waals surface area contributed by atoms with Crippen molar-refractivity contribution in [3.05, 3.63) is 0 Å². The molecule has 0 aromatic heterocycles. The maximum Gasteiger partial charge on any atom is 0.0113 e. The second kappa shape index (κ2) is 6.36. The predicted octanol–water partition coefficient (Wildman–Crippen LogP) is 1.79. The van der Waals surface area contributed by atoms with Crippen molar-refractivity contribution in [2.75, 3.05) is 32.7 Å². The van der Waals surface area contributed by atoms with Gasteiger partial charge in [-0.3, -0.25) is 4.90 Å². The van der Waals surface area contributed by atoms with Crippen molar-refractivity contribution in [3.63, 3.8) is 0 Å². The van der Waals surface area contributed by atoms with Gasteiger partial charge < -0.3 is 10.2 Å². The summed E-state index contributed by atoms with van der Waals surface area (Å²) in [5.41, 5.74) is 0. The van der Waals surface area contributed by atoms with Gasteiger partial charge >= 0.3 is 0 Å². The summed E-state index contributed by atoms with van der Waals surface area (Å²) in [7, 11) is 0. The Balaban J connectivity index is 1.59. The van der Waals surface area contributed by atoms with E-state index in [9.17, 15) is 0 Å². The lowest BCUT2D eigenvalue weighted by Gasteiger charge is -2.43. The van der Waals surface area contributed by atoms with E-state index in [1.165, 1.54) is 45.6 Å². The molecular weight excluding hydrogens is 222 g/mol. The lowest BCUT2D eigenvalue weighted by Crippen LogP contribution is -2.53. The molecule has 0 bridgehead atoms. The average Bonchev–Trinajstić information content (AvgIpc) is 2.26. The topological polar surface area (TPSA) is 18.5 Å². The van der Waals surface area contributed by atoms with E-state index in [0.717, 1.165) is 18.0 Å². The highest BCUT2D eigenvalue weighted by molar-refractivity contribution is 4.88. The summed E-state index contributed by atoms with van der Waals surface area (Å²) in [6.07, 6.45) is 2.78. The van der Waals surface area contributed by atoms with Gasteiger partial charge in [-0.2, -0.15) is 0 Å². The molecule has 1 heterocycles. The van der Waals surface area contributed by atoms with E-state index in [4.69, 9.17) is 0 Å². The van der Waals surface area contributed by atoms with E-state index in [0.29, 0.717) is 6.04 Å². The average molecular weight is 253 g/mol. The molecule has 1 aliphatic heterocycles. The van der Waals surface area contributed by atoms with Crippen molar-refractivity contribution in [1.29, 1.82) is 0 Å². The molecule has 0 aromatic rings. The Morgan fingerprint density at radius 3 is 2.11 bits per heavy atom. The lowest BCUT2D eigenvalue weighted by molar-refractivity contribution is 0.0736. The Bertz CT molecular complexity index is 238. The van der Waals surface area contributed by atoms with Gasteiger partial charge in [0.05, 0.1) is 0 Å². The highest BCUT2D eigenvalue weighted by atomic mass is 15.3. The zero-order valence-corrected chi connectivity index (χ0v) is 12.7. The summed E-state index contributed by atoms with van der Waals surface area (Å²) in [4.78, 5) is 5.27. The Morgan fingerprint density at radius 1 is 1.00 bits per heavy atom. The Labute approximate surface area is 113 Å². The zero-order valence-electron chi connectivity index (χ0n) is 12.7. The fourth-order valence-electron chi connectivity index (χ4n) is 3.32. The van der Waals surface area contributed by atoms with Crippen LogP contribution in [0.3, 0.4) is 0 Å². The van der Waals surface area contributed by atoms with Crippen LogP contribution in [0.5, 0.6) is 0 Å². The van der Waals surface area contributed by atoms with Crippen molar-refractivity contribution in [1.82, 2.24) is 15.1 Å². The van der Waals surface area contributed by atoms with E-state index in [2.05, 4.69) is 42.8 Å². The van der Waals surface area contributed by atoms with E-state index < -0.39 is 0 Å². The fraction of sp³-hybridized carbons (Fsp3) is 1.00. The van der Waals surface area contributed by atoms with Crippen LogP contribution in [0.25, 0.3) is 0 Å². The summed E-state index contributed by atoms with van der Waals surface area (Å²) in [6, 6.07) is 2.16. The maximum absolute atomic E-state index is 3.64. The predicted molar refractivity (Wildman–Crippen MR) is 77.9 cm³/mol. The van der Waals surface area contributed by atoms with Gasteiger partial charge in [-0.15, -0.1) is 0 Å². The quantitative estimate of drug-likeness (QED) is 0.806. The molecule has 1 saturated carbocycles. The van der Waals surface area contributed by atoms with Crippen LogP contribution in [-0.2, 0) is 0 Å². The normalized spacial score (nSPS) is 31.0. The van der Waals surface area contributed by atoms with Gasteiger partial charge in [-0.25, -0.2) is 0 Å². The Hall–Kier alpha value is -0.120. The minimum Gasteiger partial charge on any atom is -0.312 e. The van der Waals surface area contributed by atoms with Crippen LogP contribution >= 0.6 is 0 Å². The molecule has 1 aliphatic carbocycles.